The summed E-state index contributed by atoms with van der Waals surface area (Å²) in [4.78, 5) is 2.60. The molecule has 58 valence electrons. The fraction of sp³-hybridized carbons (Fsp3) is 1.00. The zero-order valence-corrected chi connectivity index (χ0v) is 6.64. The smallest absolute Gasteiger partial charge is 0.0196 e. The van der Waals surface area contributed by atoms with Gasteiger partial charge in [-0.3, -0.25) is 4.90 Å². The predicted octanol–water partition coefficient (Wildman–Crippen LogP) is 0.443. The lowest BCUT2D eigenvalue weighted by Gasteiger charge is -2.42. The van der Waals surface area contributed by atoms with Crippen LogP contribution in [0, 0.1) is 0 Å². The van der Waals surface area contributed by atoms with Crippen molar-refractivity contribution < 1.29 is 0 Å². The molecule has 0 aromatic carbocycles. The van der Waals surface area contributed by atoms with E-state index in [1.807, 2.05) is 0 Å². The molecule has 2 fully saturated rings. The van der Waals surface area contributed by atoms with E-state index >= 15 is 0 Å². The maximum absolute atomic E-state index is 3.56. The Labute approximate surface area is 62.6 Å². The second-order valence-electron chi connectivity index (χ2n) is 3.59. The zero-order valence-electron chi connectivity index (χ0n) is 6.64. The summed E-state index contributed by atoms with van der Waals surface area (Å²) in [5.41, 5.74) is 0. The number of nitrogens with zero attached hydrogens (tertiary/aromatic N) is 1. The van der Waals surface area contributed by atoms with Gasteiger partial charge in [0.05, 0.1) is 0 Å². The van der Waals surface area contributed by atoms with Gasteiger partial charge in [0.1, 0.15) is 0 Å². The molecule has 10 heavy (non-hydrogen) atoms. The minimum atomic E-state index is 0.775. The van der Waals surface area contributed by atoms with Crippen LogP contribution in [-0.2, 0) is 0 Å². The van der Waals surface area contributed by atoms with Gasteiger partial charge in [-0.15, -0.1) is 0 Å². The normalized spacial score (nSPS) is 47.1. The van der Waals surface area contributed by atoms with Gasteiger partial charge < -0.3 is 5.32 Å². The summed E-state index contributed by atoms with van der Waals surface area (Å²) in [6.45, 7) is 6.14. The summed E-state index contributed by atoms with van der Waals surface area (Å²) in [6, 6.07) is 1.58. The number of nitrogens with one attached hydrogen (secondary N) is 1. The summed E-state index contributed by atoms with van der Waals surface area (Å²) in [6.07, 6.45) is 2.78. The molecular weight excluding hydrogens is 124 g/mol. The van der Waals surface area contributed by atoms with Crippen LogP contribution in [0.1, 0.15) is 19.8 Å². The number of fused-ring (bicyclic) bond motifs is 2. The topological polar surface area (TPSA) is 15.3 Å². The number of piperazine rings is 1. The standard InChI is InChI=1S/C8H16N2/c1-7-5-9-8-3-2-4-10(7)6-8/h7-9H,2-6H2,1H3. The van der Waals surface area contributed by atoms with Crippen molar-refractivity contribution in [2.75, 3.05) is 19.6 Å². The van der Waals surface area contributed by atoms with Gasteiger partial charge in [-0.2, -0.15) is 0 Å². The molecule has 0 aromatic rings. The Hall–Kier alpha value is -0.0800. The van der Waals surface area contributed by atoms with Crippen molar-refractivity contribution in [3.63, 3.8) is 0 Å². The van der Waals surface area contributed by atoms with Crippen LogP contribution < -0.4 is 5.32 Å². The van der Waals surface area contributed by atoms with Crippen molar-refractivity contribution in [1.82, 2.24) is 10.2 Å². The molecule has 0 spiro atoms. The van der Waals surface area contributed by atoms with Crippen molar-refractivity contribution in [2.24, 2.45) is 0 Å². The molecule has 0 radical (unpaired) electrons. The second kappa shape index (κ2) is 2.51. The van der Waals surface area contributed by atoms with Crippen LogP contribution in [0.25, 0.3) is 0 Å². The molecule has 2 heterocycles. The Kier molecular flexibility index (Phi) is 1.66. The Morgan fingerprint density at radius 3 is 3.20 bits per heavy atom. The van der Waals surface area contributed by atoms with E-state index in [0.29, 0.717) is 0 Å². The fourth-order valence-electron chi connectivity index (χ4n) is 2.04. The van der Waals surface area contributed by atoms with E-state index in [0.717, 1.165) is 12.1 Å². The highest BCUT2D eigenvalue weighted by atomic mass is 15.2. The molecule has 0 aliphatic carbocycles. The van der Waals surface area contributed by atoms with E-state index in [1.54, 1.807) is 0 Å². The monoisotopic (exact) mass is 140 g/mol. The Morgan fingerprint density at radius 1 is 1.50 bits per heavy atom. The van der Waals surface area contributed by atoms with E-state index in [4.69, 9.17) is 0 Å². The molecule has 3 unspecified atom stereocenters. The summed E-state index contributed by atoms with van der Waals surface area (Å²) >= 11 is 0. The highest BCUT2D eigenvalue weighted by Crippen LogP contribution is 2.16. The molecule has 2 nitrogen and oxygen atoms in total. The Morgan fingerprint density at radius 2 is 2.40 bits per heavy atom. The maximum atomic E-state index is 3.56. The van der Waals surface area contributed by atoms with E-state index in [1.165, 1.54) is 32.5 Å². The van der Waals surface area contributed by atoms with Gasteiger partial charge in [0.25, 0.3) is 0 Å². The first kappa shape index (κ1) is 6.62. The Bertz CT molecular complexity index is 122. The van der Waals surface area contributed by atoms with E-state index in [2.05, 4.69) is 17.1 Å². The number of piperidine rings is 1. The second-order valence-corrected chi connectivity index (χ2v) is 3.59. The molecule has 2 rings (SSSR count). The minimum absolute atomic E-state index is 0.775. The first-order valence-corrected chi connectivity index (χ1v) is 4.33. The van der Waals surface area contributed by atoms with Gasteiger partial charge in [-0.05, 0) is 26.3 Å². The fourth-order valence-corrected chi connectivity index (χ4v) is 2.04. The van der Waals surface area contributed by atoms with E-state index in [-0.39, 0.29) is 0 Å². The molecule has 2 saturated heterocycles. The first-order chi connectivity index (χ1) is 4.86. The lowest BCUT2D eigenvalue weighted by molar-refractivity contribution is 0.102. The lowest BCUT2D eigenvalue weighted by atomic mass is 10.0. The van der Waals surface area contributed by atoms with Crippen LogP contribution in [0.15, 0.2) is 0 Å². The molecule has 2 bridgehead atoms. The largest absolute Gasteiger partial charge is 0.311 e. The van der Waals surface area contributed by atoms with Crippen LogP contribution in [0.4, 0.5) is 0 Å². The molecular formula is C8H16N2. The molecule has 3 atom stereocenters. The van der Waals surface area contributed by atoms with Gasteiger partial charge in [0.2, 0.25) is 0 Å². The van der Waals surface area contributed by atoms with Crippen molar-refractivity contribution >= 4 is 0 Å². The first-order valence-electron chi connectivity index (χ1n) is 4.33. The summed E-state index contributed by atoms with van der Waals surface area (Å²) < 4.78 is 0. The molecule has 2 aliphatic heterocycles. The van der Waals surface area contributed by atoms with Crippen LogP contribution in [0.5, 0.6) is 0 Å². The lowest BCUT2D eigenvalue weighted by Crippen LogP contribution is -2.58. The van der Waals surface area contributed by atoms with Crippen molar-refractivity contribution in [3.05, 3.63) is 0 Å². The Balaban J connectivity index is 2.00. The van der Waals surface area contributed by atoms with E-state index in [9.17, 15) is 0 Å². The SMILES string of the molecule is CC1CNC2CCCN1C2. The molecule has 0 amide bonds. The average Bonchev–Trinajstić information content (AvgIpc) is 1.99. The maximum Gasteiger partial charge on any atom is 0.0196 e. The van der Waals surface area contributed by atoms with Crippen LogP contribution >= 0.6 is 0 Å². The molecule has 0 saturated carbocycles. The van der Waals surface area contributed by atoms with Crippen molar-refractivity contribution in [3.8, 4) is 0 Å². The van der Waals surface area contributed by atoms with Crippen molar-refractivity contribution in [1.29, 1.82) is 0 Å². The van der Waals surface area contributed by atoms with Gasteiger partial charge in [-0.25, -0.2) is 0 Å². The minimum Gasteiger partial charge on any atom is -0.311 e. The summed E-state index contributed by atoms with van der Waals surface area (Å²) in [5, 5.41) is 3.56. The quantitative estimate of drug-likeness (QED) is 0.525. The van der Waals surface area contributed by atoms with E-state index < -0.39 is 0 Å². The van der Waals surface area contributed by atoms with Crippen molar-refractivity contribution in [2.45, 2.75) is 31.8 Å². The summed E-state index contributed by atoms with van der Waals surface area (Å²) in [7, 11) is 0. The van der Waals surface area contributed by atoms with Gasteiger partial charge in [0.15, 0.2) is 0 Å². The molecule has 1 N–H and O–H groups in total. The number of rotatable bonds is 0. The third-order valence-corrected chi connectivity index (χ3v) is 2.78. The van der Waals surface area contributed by atoms with Crippen LogP contribution in [-0.4, -0.2) is 36.6 Å². The number of hydrogen-bond donors (Lipinski definition) is 1. The van der Waals surface area contributed by atoms with Gasteiger partial charge >= 0.3 is 0 Å². The predicted molar refractivity (Wildman–Crippen MR) is 42.1 cm³/mol. The van der Waals surface area contributed by atoms with Crippen LogP contribution in [0.2, 0.25) is 0 Å². The summed E-state index contributed by atoms with van der Waals surface area (Å²) in [5.74, 6) is 0. The number of hydrogen-bond acceptors (Lipinski definition) is 2. The zero-order chi connectivity index (χ0) is 6.97. The highest BCUT2D eigenvalue weighted by Gasteiger charge is 2.27. The van der Waals surface area contributed by atoms with Gasteiger partial charge in [-0.1, -0.05) is 0 Å². The average molecular weight is 140 g/mol. The molecule has 2 heteroatoms. The van der Waals surface area contributed by atoms with Gasteiger partial charge in [0, 0.05) is 25.2 Å². The highest BCUT2D eigenvalue weighted by molar-refractivity contribution is 4.87. The third-order valence-electron chi connectivity index (χ3n) is 2.78. The van der Waals surface area contributed by atoms with Crippen LogP contribution in [0.3, 0.4) is 0 Å². The molecule has 2 aliphatic rings. The molecule has 0 aromatic heterocycles. The third kappa shape index (κ3) is 1.06.